The predicted octanol–water partition coefficient (Wildman–Crippen LogP) is 2.53. The number of hydrogen-bond donors (Lipinski definition) is 0. The molecule has 2 heteroatoms. The standard InChI is InChI=1S/C9H11O2/c1-8(2)6-10-7-9-4-3-5-11-9/h3-6H,1,7H2,2H3/q-1. The first-order chi connectivity index (χ1) is 5.29. The summed E-state index contributed by atoms with van der Waals surface area (Å²) in [4.78, 5) is 0. The Morgan fingerprint density at radius 2 is 2.64 bits per heavy atom. The van der Waals surface area contributed by atoms with Gasteiger partial charge in [-0.15, -0.1) is 6.61 Å². The van der Waals surface area contributed by atoms with Gasteiger partial charge in [-0.05, 0) is 12.1 Å². The molecule has 2 nitrogen and oxygen atoms in total. The highest BCUT2D eigenvalue weighted by atomic mass is 16.5. The molecule has 0 bridgehead atoms. The van der Waals surface area contributed by atoms with Gasteiger partial charge in [-0.1, -0.05) is 6.92 Å². The van der Waals surface area contributed by atoms with Crippen LogP contribution in [0.15, 0.2) is 35.0 Å². The van der Waals surface area contributed by atoms with E-state index in [4.69, 9.17) is 9.15 Å². The van der Waals surface area contributed by atoms with E-state index in [1.165, 1.54) is 0 Å². The second-order valence-electron chi connectivity index (χ2n) is 2.35. The molecule has 0 N–H and O–H groups in total. The summed E-state index contributed by atoms with van der Waals surface area (Å²) in [5, 5.41) is 0. The topological polar surface area (TPSA) is 22.4 Å². The van der Waals surface area contributed by atoms with Crippen molar-refractivity contribution in [1.82, 2.24) is 0 Å². The van der Waals surface area contributed by atoms with Gasteiger partial charge in [0.15, 0.2) is 0 Å². The monoisotopic (exact) mass is 151 g/mol. The fraction of sp³-hybridized carbons (Fsp3) is 0.222. The fourth-order valence-corrected chi connectivity index (χ4v) is 0.661. The van der Waals surface area contributed by atoms with Gasteiger partial charge >= 0.3 is 0 Å². The summed E-state index contributed by atoms with van der Waals surface area (Å²) in [5.74, 6) is 0.822. The van der Waals surface area contributed by atoms with Crippen molar-refractivity contribution in [2.45, 2.75) is 13.5 Å². The van der Waals surface area contributed by atoms with Gasteiger partial charge < -0.3 is 9.15 Å². The van der Waals surface area contributed by atoms with Crippen LogP contribution in [0.4, 0.5) is 0 Å². The van der Waals surface area contributed by atoms with E-state index in [0.29, 0.717) is 6.61 Å². The predicted molar refractivity (Wildman–Crippen MR) is 42.6 cm³/mol. The van der Waals surface area contributed by atoms with Crippen molar-refractivity contribution in [3.05, 3.63) is 42.9 Å². The van der Waals surface area contributed by atoms with Crippen molar-refractivity contribution in [2.75, 3.05) is 0 Å². The van der Waals surface area contributed by atoms with Crippen molar-refractivity contribution in [1.29, 1.82) is 0 Å². The highest BCUT2D eigenvalue weighted by Crippen LogP contribution is 2.04. The van der Waals surface area contributed by atoms with Crippen LogP contribution in [0.3, 0.4) is 0 Å². The molecule has 60 valence electrons. The van der Waals surface area contributed by atoms with Crippen LogP contribution in [0, 0.1) is 6.61 Å². The quantitative estimate of drug-likeness (QED) is 0.617. The first kappa shape index (κ1) is 7.95. The number of hydrogen-bond acceptors (Lipinski definition) is 2. The molecule has 0 fully saturated rings. The van der Waals surface area contributed by atoms with Gasteiger partial charge in [0.2, 0.25) is 0 Å². The Kier molecular flexibility index (Phi) is 2.81. The molecule has 0 atom stereocenters. The molecule has 1 aromatic heterocycles. The molecular formula is C9H11O2-. The molecule has 1 rings (SSSR count). The minimum absolute atomic E-state index is 0.472. The van der Waals surface area contributed by atoms with E-state index in [0.717, 1.165) is 11.3 Å². The Labute approximate surface area is 66.5 Å². The molecule has 0 radical (unpaired) electrons. The lowest BCUT2D eigenvalue weighted by molar-refractivity contribution is 0.176. The average Bonchev–Trinajstić information content (AvgIpc) is 2.39. The van der Waals surface area contributed by atoms with E-state index < -0.39 is 0 Å². The highest BCUT2D eigenvalue weighted by molar-refractivity contribution is 5.00. The SMILES string of the molecule is C=C(C)[CH-]OCc1ccco1. The maximum atomic E-state index is 5.12. The van der Waals surface area contributed by atoms with Crippen LogP contribution < -0.4 is 0 Å². The normalized spacial score (nSPS) is 9.55. The summed E-state index contributed by atoms with van der Waals surface area (Å²) in [5.41, 5.74) is 0.900. The molecule has 0 saturated carbocycles. The summed E-state index contributed by atoms with van der Waals surface area (Å²) in [6.07, 6.45) is 1.62. The second-order valence-corrected chi connectivity index (χ2v) is 2.35. The molecule has 0 aliphatic heterocycles. The second kappa shape index (κ2) is 3.88. The van der Waals surface area contributed by atoms with Gasteiger partial charge in [-0.25, -0.2) is 6.58 Å². The molecule has 0 spiro atoms. The van der Waals surface area contributed by atoms with Gasteiger partial charge in [0, 0.05) is 0 Å². The molecule has 0 aromatic carbocycles. The molecule has 11 heavy (non-hydrogen) atoms. The Morgan fingerprint density at radius 3 is 3.18 bits per heavy atom. The maximum Gasteiger partial charge on any atom is 0.127 e. The Hall–Kier alpha value is -1.15. The Morgan fingerprint density at radius 1 is 1.82 bits per heavy atom. The number of furan rings is 1. The Balaban J connectivity index is 2.19. The minimum atomic E-state index is 0.472. The largest absolute Gasteiger partial charge is 0.467 e. The number of rotatable bonds is 4. The summed E-state index contributed by atoms with van der Waals surface area (Å²) in [7, 11) is 0. The summed E-state index contributed by atoms with van der Waals surface area (Å²) in [6, 6.07) is 3.70. The first-order valence-electron chi connectivity index (χ1n) is 3.42. The Bertz CT molecular complexity index is 211. The van der Waals surface area contributed by atoms with Gasteiger partial charge in [0.05, 0.1) is 12.9 Å². The van der Waals surface area contributed by atoms with Crippen LogP contribution in [-0.4, -0.2) is 0 Å². The maximum absolute atomic E-state index is 5.12. The highest BCUT2D eigenvalue weighted by Gasteiger charge is 1.90. The lowest BCUT2D eigenvalue weighted by Gasteiger charge is -2.07. The van der Waals surface area contributed by atoms with Crippen LogP contribution in [0.1, 0.15) is 12.7 Å². The van der Waals surface area contributed by atoms with Crippen LogP contribution in [0.5, 0.6) is 0 Å². The van der Waals surface area contributed by atoms with Crippen molar-refractivity contribution >= 4 is 0 Å². The van der Waals surface area contributed by atoms with E-state index in [2.05, 4.69) is 6.58 Å². The summed E-state index contributed by atoms with van der Waals surface area (Å²) < 4.78 is 10.2. The zero-order valence-electron chi connectivity index (χ0n) is 6.54. The molecule has 0 unspecified atom stereocenters. The summed E-state index contributed by atoms with van der Waals surface area (Å²) >= 11 is 0. The third-order valence-corrected chi connectivity index (χ3v) is 1.09. The lowest BCUT2D eigenvalue weighted by atomic mass is 10.4. The molecule has 0 aliphatic carbocycles. The van der Waals surface area contributed by atoms with E-state index in [-0.39, 0.29) is 0 Å². The third-order valence-electron chi connectivity index (χ3n) is 1.09. The minimum Gasteiger partial charge on any atom is -0.467 e. The van der Waals surface area contributed by atoms with Gasteiger partial charge in [0.1, 0.15) is 5.76 Å². The van der Waals surface area contributed by atoms with Crippen LogP contribution in [0.2, 0.25) is 0 Å². The van der Waals surface area contributed by atoms with Crippen molar-refractivity contribution in [3.8, 4) is 0 Å². The molecule has 1 aromatic rings. The zero-order valence-corrected chi connectivity index (χ0v) is 6.54. The smallest absolute Gasteiger partial charge is 0.127 e. The molecule has 0 saturated heterocycles. The third kappa shape index (κ3) is 2.96. The number of ether oxygens (including phenoxy) is 1. The van der Waals surface area contributed by atoms with Crippen molar-refractivity contribution in [3.63, 3.8) is 0 Å². The van der Waals surface area contributed by atoms with Crippen molar-refractivity contribution in [2.24, 2.45) is 0 Å². The van der Waals surface area contributed by atoms with E-state index in [1.807, 2.05) is 19.1 Å². The van der Waals surface area contributed by atoms with Gasteiger partial charge in [0.25, 0.3) is 0 Å². The fourth-order valence-electron chi connectivity index (χ4n) is 0.661. The average molecular weight is 151 g/mol. The molecule has 0 amide bonds. The van der Waals surface area contributed by atoms with Gasteiger partial charge in [-0.2, -0.15) is 5.57 Å². The molecule has 0 aliphatic rings. The van der Waals surface area contributed by atoms with E-state index >= 15 is 0 Å². The van der Waals surface area contributed by atoms with E-state index in [9.17, 15) is 0 Å². The zero-order chi connectivity index (χ0) is 8.10. The van der Waals surface area contributed by atoms with Crippen LogP contribution in [-0.2, 0) is 11.3 Å². The first-order valence-corrected chi connectivity index (χ1v) is 3.42. The van der Waals surface area contributed by atoms with E-state index in [1.54, 1.807) is 12.9 Å². The van der Waals surface area contributed by atoms with Crippen molar-refractivity contribution < 1.29 is 9.15 Å². The summed E-state index contributed by atoms with van der Waals surface area (Å²) in [6.45, 7) is 7.63. The lowest BCUT2D eigenvalue weighted by Crippen LogP contribution is -1.88. The molecule has 1 heterocycles. The van der Waals surface area contributed by atoms with Crippen LogP contribution >= 0.6 is 0 Å². The molecular weight excluding hydrogens is 140 g/mol. The van der Waals surface area contributed by atoms with Crippen LogP contribution in [0.25, 0.3) is 0 Å². The van der Waals surface area contributed by atoms with Gasteiger partial charge in [-0.3, -0.25) is 0 Å².